The molecule has 0 spiro atoms. The minimum atomic E-state index is 0.690. The normalized spacial score (nSPS) is 16.3. The van der Waals surface area contributed by atoms with Gasteiger partial charge in [0.25, 0.3) is 0 Å². The third-order valence-electron chi connectivity index (χ3n) is 3.67. The molecule has 0 radical (unpaired) electrons. The molecular formula is C16H26N2O. The van der Waals surface area contributed by atoms with Crippen molar-refractivity contribution in [3.63, 3.8) is 0 Å². The molecule has 3 nitrogen and oxygen atoms in total. The Labute approximate surface area is 116 Å². The molecule has 106 valence electrons. The third-order valence-corrected chi connectivity index (χ3v) is 3.67. The van der Waals surface area contributed by atoms with E-state index in [1.165, 1.54) is 31.2 Å². The molecule has 1 unspecified atom stereocenters. The summed E-state index contributed by atoms with van der Waals surface area (Å²) in [5.74, 6) is 1.80. The molecule has 0 aromatic carbocycles. The second-order valence-electron chi connectivity index (χ2n) is 5.40. The Morgan fingerprint density at radius 3 is 2.89 bits per heavy atom. The molecule has 0 amide bonds. The lowest BCUT2D eigenvalue weighted by Crippen LogP contribution is -2.32. The maximum Gasteiger partial charge on any atom is 0.137 e. The van der Waals surface area contributed by atoms with Crippen LogP contribution in [0.4, 0.5) is 0 Å². The molecule has 1 N–H and O–H groups in total. The van der Waals surface area contributed by atoms with Crippen LogP contribution < -0.4 is 10.1 Å². The molecule has 3 heteroatoms. The minimum absolute atomic E-state index is 0.690. The first-order valence-corrected chi connectivity index (χ1v) is 7.63. The van der Waals surface area contributed by atoms with Crippen LogP contribution in [0.1, 0.15) is 45.1 Å². The predicted octanol–water partition coefficient (Wildman–Crippen LogP) is 3.19. The van der Waals surface area contributed by atoms with E-state index in [-0.39, 0.29) is 0 Å². The van der Waals surface area contributed by atoms with Crippen LogP contribution in [-0.2, 0) is 6.42 Å². The lowest BCUT2D eigenvalue weighted by Gasteiger charge is -2.17. The van der Waals surface area contributed by atoms with E-state index in [0.717, 1.165) is 24.6 Å². The molecule has 1 aliphatic carbocycles. The van der Waals surface area contributed by atoms with E-state index in [1.54, 1.807) is 6.20 Å². The maximum atomic E-state index is 5.50. The minimum Gasteiger partial charge on any atom is -0.492 e. The highest BCUT2D eigenvalue weighted by atomic mass is 16.5. The molecule has 1 heterocycles. The Morgan fingerprint density at radius 1 is 1.37 bits per heavy atom. The summed E-state index contributed by atoms with van der Waals surface area (Å²) in [6.45, 7) is 6.07. The van der Waals surface area contributed by atoms with Gasteiger partial charge in [0.15, 0.2) is 0 Å². The van der Waals surface area contributed by atoms with Gasteiger partial charge in [0.2, 0.25) is 0 Å². The van der Waals surface area contributed by atoms with Crippen molar-refractivity contribution in [1.29, 1.82) is 0 Å². The first-order chi connectivity index (χ1) is 9.33. The van der Waals surface area contributed by atoms with E-state index in [1.807, 2.05) is 13.1 Å². The van der Waals surface area contributed by atoms with Crippen molar-refractivity contribution in [3.8, 4) is 5.75 Å². The summed E-state index contributed by atoms with van der Waals surface area (Å²) in [5, 5.41) is 3.69. The van der Waals surface area contributed by atoms with Gasteiger partial charge < -0.3 is 10.1 Å². The first kappa shape index (κ1) is 14.3. The van der Waals surface area contributed by atoms with Crippen LogP contribution in [0.2, 0.25) is 0 Å². The van der Waals surface area contributed by atoms with Crippen LogP contribution in [0.25, 0.3) is 0 Å². The molecule has 1 fully saturated rings. The zero-order valence-electron chi connectivity index (χ0n) is 12.2. The molecule has 1 aromatic heterocycles. The van der Waals surface area contributed by atoms with Crippen LogP contribution in [0, 0.1) is 5.92 Å². The highest BCUT2D eigenvalue weighted by Gasteiger charge is 2.30. The predicted molar refractivity (Wildman–Crippen MR) is 78.5 cm³/mol. The first-order valence-electron chi connectivity index (χ1n) is 7.63. The van der Waals surface area contributed by atoms with Crippen molar-refractivity contribution in [2.75, 3.05) is 13.2 Å². The number of aromatic nitrogens is 1. The second kappa shape index (κ2) is 7.49. The molecule has 0 aliphatic heterocycles. The van der Waals surface area contributed by atoms with Gasteiger partial charge in [0, 0.05) is 12.2 Å². The zero-order valence-corrected chi connectivity index (χ0v) is 12.2. The average molecular weight is 262 g/mol. The standard InChI is InChI=1S/C16H26N2O/c1-3-9-18-16(14-6-7-14)8-5-13-10-15(19-4-2)12-17-11-13/h10-12,14,16,18H,3-9H2,1-2H3. The number of pyridine rings is 1. The SMILES string of the molecule is CCCNC(CCc1cncc(OCC)c1)C1CC1. The molecule has 1 atom stereocenters. The van der Waals surface area contributed by atoms with Crippen molar-refractivity contribution in [1.82, 2.24) is 10.3 Å². The number of hydrogen-bond acceptors (Lipinski definition) is 3. The topological polar surface area (TPSA) is 34.2 Å². The second-order valence-corrected chi connectivity index (χ2v) is 5.40. The monoisotopic (exact) mass is 262 g/mol. The zero-order chi connectivity index (χ0) is 13.5. The van der Waals surface area contributed by atoms with Gasteiger partial charge in [0.05, 0.1) is 12.8 Å². The van der Waals surface area contributed by atoms with Crippen LogP contribution in [-0.4, -0.2) is 24.2 Å². The molecule has 2 rings (SSSR count). The van der Waals surface area contributed by atoms with Crippen molar-refractivity contribution in [3.05, 3.63) is 24.0 Å². The molecule has 19 heavy (non-hydrogen) atoms. The Kier molecular flexibility index (Phi) is 5.64. The average Bonchev–Trinajstić information content (AvgIpc) is 3.24. The van der Waals surface area contributed by atoms with Crippen molar-refractivity contribution < 1.29 is 4.74 Å². The van der Waals surface area contributed by atoms with Gasteiger partial charge >= 0.3 is 0 Å². The van der Waals surface area contributed by atoms with Crippen LogP contribution in [0.5, 0.6) is 5.75 Å². The lowest BCUT2D eigenvalue weighted by molar-refractivity contribution is 0.338. The fraction of sp³-hybridized carbons (Fsp3) is 0.688. The highest BCUT2D eigenvalue weighted by Crippen LogP contribution is 2.34. The highest BCUT2D eigenvalue weighted by molar-refractivity contribution is 5.23. The van der Waals surface area contributed by atoms with E-state index in [4.69, 9.17) is 4.74 Å². The number of aryl methyl sites for hydroxylation is 1. The number of rotatable bonds is 9. The summed E-state index contributed by atoms with van der Waals surface area (Å²) >= 11 is 0. The van der Waals surface area contributed by atoms with E-state index in [0.29, 0.717) is 12.6 Å². The Morgan fingerprint density at radius 2 is 2.21 bits per heavy atom. The Hall–Kier alpha value is -1.09. The van der Waals surface area contributed by atoms with E-state index >= 15 is 0 Å². The van der Waals surface area contributed by atoms with E-state index in [9.17, 15) is 0 Å². The van der Waals surface area contributed by atoms with Crippen LogP contribution >= 0.6 is 0 Å². The molecular weight excluding hydrogens is 236 g/mol. The molecule has 0 saturated heterocycles. The summed E-state index contributed by atoms with van der Waals surface area (Å²) in [7, 11) is 0. The molecule has 1 aromatic rings. The largest absolute Gasteiger partial charge is 0.492 e. The number of ether oxygens (including phenoxy) is 1. The Balaban J connectivity index is 1.83. The Bertz CT molecular complexity index is 377. The maximum absolute atomic E-state index is 5.50. The summed E-state index contributed by atoms with van der Waals surface area (Å²) < 4.78 is 5.50. The molecule has 1 saturated carbocycles. The van der Waals surface area contributed by atoms with Gasteiger partial charge in [-0.3, -0.25) is 4.98 Å². The smallest absolute Gasteiger partial charge is 0.137 e. The van der Waals surface area contributed by atoms with Gasteiger partial charge in [-0.05, 0) is 63.1 Å². The van der Waals surface area contributed by atoms with Gasteiger partial charge in [0.1, 0.15) is 5.75 Å². The van der Waals surface area contributed by atoms with Gasteiger partial charge in [-0.2, -0.15) is 0 Å². The van der Waals surface area contributed by atoms with E-state index in [2.05, 4.69) is 23.3 Å². The van der Waals surface area contributed by atoms with Gasteiger partial charge in [-0.25, -0.2) is 0 Å². The molecule has 1 aliphatic rings. The van der Waals surface area contributed by atoms with Crippen LogP contribution in [0.3, 0.4) is 0 Å². The fourth-order valence-electron chi connectivity index (χ4n) is 2.50. The fourth-order valence-corrected chi connectivity index (χ4v) is 2.50. The summed E-state index contributed by atoms with van der Waals surface area (Å²) in [5.41, 5.74) is 1.29. The van der Waals surface area contributed by atoms with Crippen LogP contribution in [0.15, 0.2) is 18.5 Å². The quantitative estimate of drug-likeness (QED) is 0.742. The lowest BCUT2D eigenvalue weighted by atomic mass is 10.0. The van der Waals surface area contributed by atoms with Crippen molar-refractivity contribution >= 4 is 0 Å². The van der Waals surface area contributed by atoms with Crippen molar-refractivity contribution in [2.45, 2.75) is 52.0 Å². The van der Waals surface area contributed by atoms with Crippen molar-refractivity contribution in [2.24, 2.45) is 5.92 Å². The van der Waals surface area contributed by atoms with Gasteiger partial charge in [-0.1, -0.05) is 6.92 Å². The molecule has 0 bridgehead atoms. The third kappa shape index (κ3) is 4.83. The number of hydrogen-bond donors (Lipinski definition) is 1. The van der Waals surface area contributed by atoms with Gasteiger partial charge in [-0.15, -0.1) is 0 Å². The number of nitrogens with zero attached hydrogens (tertiary/aromatic N) is 1. The summed E-state index contributed by atoms with van der Waals surface area (Å²) in [4.78, 5) is 4.26. The summed E-state index contributed by atoms with van der Waals surface area (Å²) in [6.07, 6.45) is 10.1. The van der Waals surface area contributed by atoms with E-state index < -0.39 is 0 Å². The number of nitrogens with one attached hydrogen (secondary N) is 1. The summed E-state index contributed by atoms with van der Waals surface area (Å²) in [6, 6.07) is 2.82.